The molecule has 19 heavy (non-hydrogen) atoms. The summed E-state index contributed by atoms with van der Waals surface area (Å²) in [5.74, 6) is 1.72. The molecule has 2 heterocycles. The van der Waals surface area contributed by atoms with Crippen molar-refractivity contribution >= 4 is 39.0 Å². The molecule has 1 aliphatic rings. The molecule has 102 valence electrons. The summed E-state index contributed by atoms with van der Waals surface area (Å²) in [6.45, 7) is 3.15. The molecular formula is C14H18ClN3S. The molecule has 0 unspecified atom stereocenters. The monoisotopic (exact) mass is 295 g/mol. The van der Waals surface area contributed by atoms with E-state index in [-0.39, 0.29) is 0 Å². The molecule has 5 heteroatoms. The number of hydrogen-bond donors (Lipinski definition) is 1. The summed E-state index contributed by atoms with van der Waals surface area (Å²) >= 11 is 7.63. The highest BCUT2D eigenvalue weighted by atomic mass is 35.5. The Hall–Kier alpha value is -0.870. The summed E-state index contributed by atoms with van der Waals surface area (Å²) in [7, 11) is 0. The van der Waals surface area contributed by atoms with Crippen molar-refractivity contribution in [3.05, 3.63) is 17.3 Å². The number of nitrogens with one attached hydrogen (secondary N) is 1. The van der Waals surface area contributed by atoms with Crippen molar-refractivity contribution in [1.82, 2.24) is 9.97 Å². The second-order valence-electron chi connectivity index (χ2n) is 5.30. The van der Waals surface area contributed by atoms with Crippen LogP contribution >= 0.6 is 22.9 Å². The Morgan fingerprint density at radius 3 is 2.95 bits per heavy atom. The molecule has 0 saturated heterocycles. The molecule has 3 nitrogen and oxygen atoms in total. The molecule has 2 aromatic rings. The van der Waals surface area contributed by atoms with E-state index >= 15 is 0 Å². The minimum absolute atomic E-state index is 0.419. The number of nitrogens with zero attached hydrogens (tertiary/aromatic N) is 2. The molecule has 0 aliphatic heterocycles. The zero-order chi connectivity index (χ0) is 13.3. The van der Waals surface area contributed by atoms with Crippen LogP contribution in [-0.2, 0) is 6.42 Å². The Morgan fingerprint density at radius 1 is 1.42 bits per heavy atom. The largest absolute Gasteiger partial charge is 0.369 e. The van der Waals surface area contributed by atoms with E-state index in [0.717, 1.165) is 41.3 Å². The lowest BCUT2D eigenvalue weighted by Gasteiger charge is -2.15. The maximum absolute atomic E-state index is 5.87. The first-order valence-electron chi connectivity index (χ1n) is 6.79. The van der Waals surface area contributed by atoms with E-state index in [1.165, 1.54) is 17.7 Å². The first-order chi connectivity index (χ1) is 9.26. The van der Waals surface area contributed by atoms with Gasteiger partial charge in [0, 0.05) is 17.3 Å². The fourth-order valence-corrected chi connectivity index (χ4v) is 3.72. The van der Waals surface area contributed by atoms with E-state index in [4.69, 9.17) is 11.6 Å². The van der Waals surface area contributed by atoms with Crippen molar-refractivity contribution in [3.63, 3.8) is 0 Å². The Kier molecular flexibility index (Phi) is 3.63. The second kappa shape index (κ2) is 5.25. The number of aryl methyl sites for hydroxylation is 1. The Morgan fingerprint density at radius 2 is 2.26 bits per heavy atom. The lowest BCUT2D eigenvalue weighted by molar-refractivity contribution is 0.524. The number of halogens is 1. The van der Waals surface area contributed by atoms with E-state index in [9.17, 15) is 0 Å². The summed E-state index contributed by atoms with van der Waals surface area (Å²) in [6.07, 6.45) is 6.37. The van der Waals surface area contributed by atoms with E-state index in [0.29, 0.717) is 5.41 Å². The molecule has 0 atom stereocenters. The van der Waals surface area contributed by atoms with Gasteiger partial charge in [-0.1, -0.05) is 6.92 Å². The van der Waals surface area contributed by atoms with Crippen LogP contribution in [0.25, 0.3) is 10.2 Å². The highest BCUT2D eigenvalue weighted by Gasteiger charge is 2.41. The summed E-state index contributed by atoms with van der Waals surface area (Å²) in [6, 6.07) is 2.21. The van der Waals surface area contributed by atoms with Crippen molar-refractivity contribution < 1.29 is 0 Å². The summed E-state index contributed by atoms with van der Waals surface area (Å²) in [5.41, 5.74) is 0.419. The van der Waals surface area contributed by atoms with E-state index in [2.05, 4.69) is 28.3 Å². The van der Waals surface area contributed by atoms with Gasteiger partial charge in [0.05, 0.1) is 5.39 Å². The number of hydrogen-bond acceptors (Lipinski definition) is 4. The zero-order valence-corrected chi connectivity index (χ0v) is 12.7. The smallest absolute Gasteiger partial charge is 0.138 e. The van der Waals surface area contributed by atoms with Gasteiger partial charge in [0.15, 0.2) is 0 Å². The molecular weight excluding hydrogens is 278 g/mol. The quantitative estimate of drug-likeness (QED) is 0.816. The number of fused-ring (bicyclic) bond motifs is 1. The maximum Gasteiger partial charge on any atom is 0.138 e. The molecule has 3 rings (SSSR count). The van der Waals surface area contributed by atoms with Crippen molar-refractivity contribution in [1.29, 1.82) is 0 Å². The fraction of sp³-hybridized carbons (Fsp3) is 0.571. The highest BCUT2D eigenvalue weighted by molar-refractivity contribution is 7.18. The van der Waals surface area contributed by atoms with Crippen molar-refractivity contribution in [3.8, 4) is 0 Å². The van der Waals surface area contributed by atoms with Crippen LogP contribution < -0.4 is 5.32 Å². The van der Waals surface area contributed by atoms with Crippen LogP contribution in [0.4, 0.5) is 5.82 Å². The predicted octanol–water partition coefficient (Wildman–Crippen LogP) is 4.07. The molecule has 1 fully saturated rings. The maximum atomic E-state index is 5.87. The summed E-state index contributed by atoms with van der Waals surface area (Å²) in [4.78, 5) is 11.2. The molecule has 0 radical (unpaired) electrons. The Balaban J connectivity index is 1.79. The molecule has 0 bridgehead atoms. The van der Waals surface area contributed by atoms with Crippen LogP contribution in [0.3, 0.4) is 0 Å². The molecule has 1 aliphatic carbocycles. The Bertz CT molecular complexity index is 577. The molecule has 0 spiro atoms. The van der Waals surface area contributed by atoms with Gasteiger partial charge < -0.3 is 5.32 Å². The molecule has 0 amide bonds. The van der Waals surface area contributed by atoms with E-state index < -0.39 is 0 Å². The normalized spacial score (nSPS) is 16.7. The average Bonchev–Trinajstić information content (AvgIpc) is 3.04. The number of alkyl halides is 1. The predicted molar refractivity (Wildman–Crippen MR) is 82.3 cm³/mol. The zero-order valence-electron chi connectivity index (χ0n) is 11.1. The minimum atomic E-state index is 0.419. The summed E-state index contributed by atoms with van der Waals surface area (Å²) < 4.78 is 0. The molecule has 2 aromatic heterocycles. The van der Waals surface area contributed by atoms with Gasteiger partial charge in [-0.25, -0.2) is 9.97 Å². The van der Waals surface area contributed by atoms with Gasteiger partial charge in [-0.15, -0.1) is 22.9 Å². The van der Waals surface area contributed by atoms with Crippen LogP contribution in [0, 0.1) is 5.41 Å². The van der Waals surface area contributed by atoms with Gasteiger partial charge in [-0.2, -0.15) is 0 Å². The van der Waals surface area contributed by atoms with Crippen molar-refractivity contribution in [2.24, 2.45) is 5.41 Å². The fourth-order valence-electron chi connectivity index (χ4n) is 2.38. The van der Waals surface area contributed by atoms with Gasteiger partial charge >= 0.3 is 0 Å². The third-order valence-corrected chi connectivity index (χ3v) is 5.32. The second-order valence-corrected chi connectivity index (χ2v) is 6.79. The third-order valence-electron chi connectivity index (χ3n) is 3.94. The lowest BCUT2D eigenvalue weighted by Crippen LogP contribution is -2.16. The third kappa shape index (κ3) is 2.70. The minimum Gasteiger partial charge on any atom is -0.369 e. The van der Waals surface area contributed by atoms with Crippen LogP contribution in [0.2, 0.25) is 0 Å². The van der Waals surface area contributed by atoms with E-state index in [1.807, 2.05) is 0 Å². The SMILES string of the molecule is CCc1cc2c(NCC3(CCCl)CC3)ncnc2s1. The number of aromatic nitrogens is 2. The van der Waals surface area contributed by atoms with Gasteiger partial charge in [0.1, 0.15) is 17.0 Å². The first kappa shape index (κ1) is 13.1. The number of anilines is 1. The van der Waals surface area contributed by atoms with Crippen LogP contribution in [0.15, 0.2) is 12.4 Å². The standard InChI is InChI=1S/C14H18ClN3S/c1-2-10-7-11-12(17-9-18-13(11)19-10)16-8-14(3-4-14)5-6-15/h7,9H,2-6,8H2,1H3,(H,16,17,18). The number of rotatable bonds is 6. The van der Waals surface area contributed by atoms with E-state index in [1.54, 1.807) is 17.7 Å². The summed E-state index contributed by atoms with van der Waals surface area (Å²) in [5, 5.41) is 4.67. The molecule has 1 saturated carbocycles. The average molecular weight is 296 g/mol. The topological polar surface area (TPSA) is 37.8 Å². The molecule has 0 aromatic carbocycles. The van der Waals surface area contributed by atoms with Gasteiger partial charge in [0.25, 0.3) is 0 Å². The van der Waals surface area contributed by atoms with Crippen LogP contribution in [-0.4, -0.2) is 22.4 Å². The van der Waals surface area contributed by atoms with Gasteiger partial charge in [-0.3, -0.25) is 0 Å². The van der Waals surface area contributed by atoms with Gasteiger partial charge in [-0.05, 0) is 37.2 Å². The van der Waals surface area contributed by atoms with Crippen molar-refractivity contribution in [2.45, 2.75) is 32.6 Å². The van der Waals surface area contributed by atoms with Crippen LogP contribution in [0.5, 0.6) is 0 Å². The highest BCUT2D eigenvalue weighted by Crippen LogP contribution is 2.49. The first-order valence-corrected chi connectivity index (χ1v) is 8.15. The lowest BCUT2D eigenvalue weighted by atomic mass is 10.0. The molecule has 1 N–H and O–H groups in total. The van der Waals surface area contributed by atoms with Gasteiger partial charge in [0.2, 0.25) is 0 Å². The van der Waals surface area contributed by atoms with Crippen LogP contribution in [0.1, 0.15) is 31.1 Å². The Labute approximate surface area is 122 Å². The number of thiophene rings is 1. The van der Waals surface area contributed by atoms with Crippen molar-refractivity contribution in [2.75, 3.05) is 17.7 Å².